The molecule has 0 bridgehead atoms. The third kappa shape index (κ3) is 1.67. The van der Waals surface area contributed by atoms with Crippen LogP contribution in [0.5, 0.6) is 0 Å². The van der Waals surface area contributed by atoms with Crippen molar-refractivity contribution in [1.82, 2.24) is 4.57 Å². The lowest BCUT2D eigenvalue weighted by Gasteiger charge is -2.02. The van der Waals surface area contributed by atoms with Crippen LogP contribution in [0.1, 0.15) is 12.5 Å². The van der Waals surface area contributed by atoms with Crippen molar-refractivity contribution in [3.8, 4) is 0 Å². The van der Waals surface area contributed by atoms with Crippen molar-refractivity contribution in [2.45, 2.75) is 13.5 Å². The standard InChI is InChI=1S/C11H13N5/c1-2-16-6-5-8-7-9(3-4-10(8)16)11(12)14-15-13/h3-7H,2H2,1H3,(H3,12,13,14). The molecule has 0 amide bonds. The summed E-state index contributed by atoms with van der Waals surface area (Å²) in [7, 11) is 0. The van der Waals surface area contributed by atoms with Gasteiger partial charge >= 0.3 is 0 Å². The number of benzene rings is 1. The minimum Gasteiger partial charge on any atom is -0.382 e. The van der Waals surface area contributed by atoms with Crippen LogP contribution in [-0.2, 0) is 6.54 Å². The van der Waals surface area contributed by atoms with E-state index in [2.05, 4.69) is 21.8 Å². The lowest BCUT2D eigenvalue weighted by molar-refractivity contribution is 0.797. The van der Waals surface area contributed by atoms with E-state index >= 15 is 0 Å². The number of hydrogen-bond acceptors (Lipinski definition) is 2. The quantitative estimate of drug-likeness (QED) is 0.350. The van der Waals surface area contributed by atoms with Gasteiger partial charge in [0.15, 0.2) is 5.84 Å². The van der Waals surface area contributed by atoms with Gasteiger partial charge in [-0.3, -0.25) is 0 Å². The number of nitrogens with zero attached hydrogens (tertiary/aromatic N) is 3. The minimum absolute atomic E-state index is 0.265. The number of nitrogens with two attached hydrogens (primary N) is 1. The third-order valence-electron chi connectivity index (χ3n) is 2.57. The van der Waals surface area contributed by atoms with Crippen LogP contribution >= 0.6 is 0 Å². The number of aromatic nitrogens is 1. The van der Waals surface area contributed by atoms with Crippen molar-refractivity contribution in [2.75, 3.05) is 0 Å². The minimum atomic E-state index is 0.265. The van der Waals surface area contributed by atoms with E-state index in [-0.39, 0.29) is 5.84 Å². The molecule has 0 fully saturated rings. The Hall–Kier alpha value is -2.17. The Labute approximate surface area is 93.1 Å². The van der Waals surface area contributed by atoms with Gasteiger partial charge in [-0.1, -0.05) is 5.22 Å². The van der Waals surface area contributed by atoms with Gasteiger partial charge < -0.3 is 10.3 Å². The van der Waals surface area contributed by atoms with Crippen LogP contribution in [0.4, 0.5) is 0 Å². The second-order valence-electron chi connectivity index (χ2n) is 3.46. The van der Waals surface area contributed by atoms with Gasteiger partial charge in [0.25, 0.3) is 0 Å². The highest BCUT2D eigenvalue weighted by molar-refractivity contribution is 6.00. The molecule has 1 aromatic heterocycles. The smallest absolute Gasteiger partial charge is 0.155 e. The van der Waals surface area contributed by atoms with Crippen LogP contribution in [0.3, 0.4) is 0 Å². The molecular formula is C11H13N5. The summed E-state index contributed by atoms with van der Waals surface area (Å²) in [4.78, 5) is 0. The first kappa shape index (κ1) is 10.4. The highest BCUT2D eigenvalue weighted by Gasteiger charge is 2.03. The zero-order chi connectivity index (χ0) is 11.5. The molecule has 16 heavy (non-hydrogen) atoms. The summed E-state index contributed by atoms with van der Waals surface area (Å²) in [6.45, 7) is 3.04. The van der Waals surface area contributed by atoms with E-state index < -0.39 is 0 Å². The highest BCUT2D eigenvalue weighted by atomic mass is 15.3. The Kier molecular flexibility index (Phi) is 2.68. The molecule has 5 heteroatoms. The van der Waals surface area contributed by atoms with Crippen LogP contribution in [0.15, 0.2) is 40.8 Å². The molecule has 0 unspecified atom stereocenters. The fourth-order valence-electron chi connectivity index (χ4n) is 1.75. The van der Waals surface area contributed by atoms with Crippen molar-refractivity contribution in [3.05, 3.63) is 36.0 Å². The van der Waals surface area contributed by atoms with E-state index in [4.69, 9.17) is 11.3 Å². The molecule has 0 spiro atoms. The van der Waals surface area contributed by atoms with Gasteiger partial charge in [0.05, 0.1) is 0 Å². The maximum Gasteiger partial charge on any atom is 0.155 e. The molecule has 82 valence electrons. The normalized spacial score (nSPS) is 11.9. The summed E-state index contributed by atoms with van der Waals surface area (Å²) in [6.07, 6.45) is 2.04. The fourth-order valence-corrected chi connectivity index (χ4v) is 1.75. The number of hydrogen-bond donors (Lipinski definition) is 2. The number of fused-ring (bicyclic) bond motifs is 1. The summed E-state index contributed by atoms with van der Waals surface area (Å²) in [6, 6.07) is 7.87. The van der Waals surface area contributed by atoms with E-state index in [1.807, 2.05) is 30.5 Å². The van der Waals surface area contributed by atoms with Crippen LogP contribution in [0, 0.1) is 5.53 Å². The topological polar surface area (TPSA) is 79.5 Å². The molecule has 1 heterocycles. The van der Waals surface area contributed by atoms with Gasteiger partial charge in [0, 0.05) is 29.2 Å². The number of rotatable bonds is 3. The maximum atomic E-state index is 6.63. The van der Waals surface area contributed by atoms with E-state index in [0.717, 1.165) is 17.5 Å². The first-order valence-electron chi connectivity index (χ1n) is 5.05. The molecule has 2 aromatic rings. The Morgan fingerprint density at radius 2 is 2.25 bits per heavy atom. The average Bonchev–Trinajstić information content (AvgIpc) is 2.71. The number of aryl methyl sites for hydroxylation is 1. The molecule has 2 rings (SSSR count). The van der Waals surface area contributed by atoms with Gasteiger partial charge in [0.1, 0.15) is 0 Å². The molecule has 0 atom stereocenters. The molecule has 0 aliphatic carbocycles. The lowest BCUT2D eigenvalue weighted by Crippen LogP contribution is -2.12. The second kappa shape index (κ2) is 4.14. The van der Waals surface area contributed by atoms with Gasteiger partial charge in [0.2, 0.25) is 0 Å². The van der Waals surface area contributed by atoms with E-state index in [1.165, 1.54) is 5.52 Å². The zero-order valence-electron chi connectivity index (χ0n) is 9.01. The molecule has 0 saturated heterocycles. The summed E-state index contributed by atoms with van der Waals surface area (Å²) in [5, 5.41) is 7.54. The summed E-state index contributed by atoms with van der Waals surface area (Å²) in [5.74, 6) is 0.265. The monoisotopic (exact) mass is 215 g/mol. The Morgan fingerprint density at radius 1 is 1.44 bits per heavy atom. The predicted octanol–water partition coefficient (Wildman–Crippen LogP) is 2.31. The zero-order valence-corrected chi connectivity index (χ0v) is 9.01. The van der Waals surface area contributed by atoms with Crippen molar-refractivity contribution in [2.24, 2.45) is 16.1 Å². The maximum absolute atomic E-state index is 6.63. The number of nitrogens with one attached hydrogen (secondary N) is 1. The van der Waals surface area contributed by atoms with Crippen molar-refractivity contribution >= 4 is 16.7 Å². The molecular weight excluding hydrogens is 202 g/mol. The highest BCUT2D eigenvalue weighted by Crippen LogP contribution is 2.17. The van der Waals surface area contributed by atoms with Crippen LogP contribution in [0.25, 0.3) is 10.9 Å². The van der Waals surface area contributed by atoms with Crippen molar-refractivity contribution in [3.63, 3.8) is 0 Å². The summed E-state index contributed by atoms with van der Waals surface area (Å²) >= 11 is 0. The Morgan fingerprint density at radius 3 is 2.94 bits per heavy atom. The van der Waals surface area contributed by atoms with Crippen molar-refractivity contribution in [1.29, 1.82) is 5.53 Å². The largest absolute Gasteiger partial charge is 0.382 e. The molecule has 3 N–H and O–H groups in total. The third-order valence-corrected chi connectivity index (χ3v) is 2.57. The first-order valence-corrected chi connectivity index (χ1v) is 5.05. The molecule has 0 saturated carbocycles. The molecule has 0 radical (unpaired) electrons. The Balaban J connectivity index is 2.53. The average molecular weight is 215 g/mol. The molecule has 0 aliphatic rings. The lowest BCUT2D eigenvalue weighted by atomic mass is 10.1. The predicted molar refractivity (Wildman–Crippen MR) is 63.5 cm³/mol. The Bertz CT molecular complexity index is 553. The van der Waals surface area contributed by atoms with Crippen LogP contribution < -0.4 is 5.73 Å². The SMILES string of the molecule is CCn1ccc2cc(C(N)=NN=N)ccc21. The van der Waals surface area contributed by atoms with Gasteiger partial charge in [-0.2, -0.15) is 5.53 Å². The second-order valence-corrected chi connectivity index (χ2v) is 3.46. The number of amidine groups is 1. The van der Waals surface area contributed by atoms with Crippen molar-refractivity contribution < 1.29 is 0 Å². The molecule has 0 aliphatic heterocycles. The van der Waals surface area contributed by atoms with Gasteiger partial charge in [-0.15, -0.1) is 5.10 Å². The fraction of sp³-hybridized carbons (Fsp3) is 0.182. The molecule has 1 aromatic carbocycles. The van der Waals surface area contributed by atoms with E-state index in [0.29, 0.717) is 0 Å². The summed E-state index contributed by atoms with van der Waals surface area (Å²) < 4.78 is 2.15. The van der Waals surface area contributed by atoms with Crippen LogP contribution in [-0.4, -0.2) is 10.4 Å². The van der Waals surface area contributed by atoms with Gasteiger partial charge in [-0.05, 0) is 31.2 Å². The van der Waals surface area contributed by atoms with Crippen LogP contribution in [0.2, 0.25) is 0 Å². The van der Waals surface area contributed by atoms with E-state index in [9.17, 15) is 0 Å². The van der Waals surface area contributed by atoms with Gasteiger partial charge in [-0.25, -0.2) is 0 Å². The summed E-state index contributed by atoms with van der Waals surface area (Å²) in [5.41, 5.74) is 14.3. The van der Waals surface area contributed by atoms with E-state index in [1.54, 1.807) is 0 Å². The first-order chi connectivity index (χ1) is 7.76. The molecule has 5 nitrogen and oxygen atoms in total.